The third-order valence-electron chi connectivity index (χ3n) is 2.99. The molecule has 0 atom stereocenters. The quantitative estimate of drug-likeness (QED) is 0.807. The number of aryl methyl sites for hydroxylation is 1. The molecule has 1 N–H and O–H groups in total. The molecule has 1 aromatic carbocycles. The minimum absolute atomic E-state index is 0.860. The molecule has 2 rings (SSSR count). The molecule has 0 radical (unpaired) electrons. The lowest BCUT2D eigenvalue weighted by atomic mass is 10.1. The SMILES string of the molecule is COc1cccc(CCNCc2cncc(C)c2)c1. The van der Waals surface area contributed by atoms with Crippen LogP contribution in [0.5, 0.6) is 5.75 Å². The number of hydrogen-bond acceptors (Lipinski definition) is 3. The van der Waals surface area contributed by atoms with Crippen molar-refractivity contribution in [1.29, 1.82) is 0 Å². The summed E-state index contributed by atoms with van der Waals surface area (Å²) < 4.78 is 5.21. The molecule has 0 fully saturated rings. The van der Waals surface area contributed by atoms with E-state index < -0.39 is 0 Å². The molecule has 0 aliphatic rings. The summed E-state index contributed by atoms with van der Waals surface area (Å²) in [4.78, 5) is 4.19. The number of methoxy groups -OCH3 is 1. The average Bonchev–Trinajstić information content (AvgIpc) is 2.44. The molecule has 0 spiro atoms. The predicted octanol–water partition coefficient (Wildman–Crippen LogP) is 2.73. The van der Waals surface area contributed by atoms with Gasteiger partial charge in [0.2, 0.25) is 0 Å². The van der Waals surface area contributed by atoms with Crippen LogP contribution in [0.25, 0.3) is 0 Å². The number of benzene rings is 1. The topological polar surface area (TPSA) is 34.1 Å². The van der Waals surface area contributed by atoms with E-state index in [1.165, 1.54) is 16.7 Å². The summed E-state index contributed by atoms with van der Waals surface area (Å²) in [6.07, 6.45) is 4.78. The molecule has 0 aliphatic heterocycles. The van der Waals surface area contributed by atoms with Gasteiger partial charge in [0.25, 0.3) is 0 Å². The smallest absolute Gasteiger partial charge is 0.119 e. The van der Waals surface area contributed by atoms with Gasteiger partial charge in [0.15, 0.2) is 0 Å². The first-order chi connectivity index (χ1) is 9.28. The van der Waals surface area contributed by atoms with Crippen molar-refractivity contribution in [1.82, 2.24) is 10.3 Å². The van der Waals surface area contributed by atoms with Gasteiger partial charge in [-0.3, -0.25) is 4.98 Å². The second kappa shape index (κ2) is 6.90. The van der Waals surface area contributed by atoms with Crippen LogP contribution in [-0.2, 0) is 13.0 Å². The Balaban J connectivity index is 1.77. The van der Waals surface area contributed by atoms with E-state index in [9.17, 15) is 0 Å². The number of nitrogens with one attached hydrogen (secondary N) is 1. The number of pyridine rings is 1. The van der Waals surface area contributed by atoms with Crippen LogP contribution >= 0.6 is 0 Å². The van der Waals surface area contributed by atoms with Crippen LogP contribution < -0.4 is 10.1 Å². The number of rotatable bonds is 6. The zero-order valence-electron chi connectivity index (χ0n) is 11.5. The summed E-state index contributed by atoms with van der Waals surface area (Å²) in [5.74, 6) is 0.917. The molecule has 0 saturated carbocycles. The number of ether oxygens (including phenoxy) is 1. The maximum absolute atomic E-state index is 5.21. The maximum atomic E-state index is 5.21. The van der Waals surface area contributed by atoms with Crippen molar-refractivity contribution in [2.24, 2.45) is 0 Å². The summed E-state index contributed by atoms with van der Waals surface area (Å²) in [7, 11) is 1.70. The van der Waals surface area contributed by atoms with Gasteiger partial charge in [-0.2, -0.15) is 0 Å². The monoisotopic (exact) mass is 256 g/mol. The van der Waals surface area contributed by atoms with E-state index in [4.69, 9.17) is 4.74 Å². The highest BCUT2D eigenvalue weighted by molar-refractivity contribution is 5.28. The highest BCUT2D eigenvalue weighted by atomic mass is 16.5. The van der Waals surface area contributed by atoms with E-state index in [1.54, 1.807) is 7.11 Å². The second-order valence-electron chi connectivity index (χ2n) is 4.65. The first kappa shape index (κ1) is 13.6. The summed E-state index contributed by atoms with van der Waals surface area (Å²) >= 11 is 0. The lowest BCUT2D eigenvalue weighted by Crippen LogP contribution is -2.16. The van der Waals surface area contributed by atoms with Gasteiger partial charge < -0.3 is 10.1 Å². The van der Waals surface area contributed by atoms with Crippen LogP contribution in [0.2, 0.25) is 0 Å². The predicted molar refractivity (Wildman–Crippen MR) is 77.4 cm³/mol. The van der Waals surface area contributed by atoms with Gasteiger partial charge >= 0.3 is 0 Å². The minimum atomic E-state index is 0.860. The summed E-state index contributed by atoms with van der Waals surface area (Å²) in [6.45, 7) is 3.87. The van der Waals surface area contributed by atoms with E-state index in [1.807, 2.05) is 24.5 Å². The van der Waals surface area contributed by atoms with Crippen LogP contribution in [0.1, 0.15) is 16.7 Å². The molecular weight excluding hydrogens is 236 g/mol. The third-order valence-corrected chi connectivity index (χ3v) is 2.99. The van der Waals surface area contributed by atoms with Gasteiger partial charge in [0.05, 0.1) is 7.11 Å². The Morgan fingerprint density at radius 2 is 2.05 bits per heavy atom. The van der Waals surface area contributed by atoms with Crippen molar-refractivity contribution in [2.45, 2.75) is 19.9 Å². The van der Waals surface area contributed by atoms with Gasteiger partial charge in [-0.25, -0.2) is 0 Å². The molecule has 100 valence electrons. The Bertz CT molecular complexity index is 526. The van der Waals surface area contributed by atoms with Gasteiger partial charge in [0, 0.05) is 18.9 Å². The fourth-order valence-electron chi connectivity index (χ4n) is 2.01. The molecule has 3 heteroatoms. The molecule has 19 heavy (non-hydrogen) atoms. The Kier molecular flexibility index (Phi) is 4.93. The van der Waals surface area contributed by atoms with E-state index in [-0.39, 0.29) is 0 Å². The summed E-state index contributed by atoms with van der Waals surface area (Å²) in [5.41, 5.74) is 3.71. The zero-order valence-corrected chi connectivity index (χ0v) is 11.5. The van der Waals surface area contributed by atoms with Gasteiger partial charge in [-0.1, -0.05) is 18.2 Å². The van der Waals surface area contributed by atoms with E-state index in [0.717, 1.165) is 25.3 Å². The van der Waals surface area contributed by atoms with Crippen LogP contribution in [0.3, 0.4) is 0 Å². The lowest BCUT2D eigenvalue weighted by molar-refractivity contribution is 0.414. The molecule has 0 aliphatic carbocycles. The normalized spacial score (nSPS) is 10.4. The minimum Gasteiger partial charge on any atom is -0.497 e. The van der Waals surface area contributed by atoms with E-state index in [2.05, 4.69) is 35.4 Å². The van der Waals surface area contributed by atoms with E-state index >= 15 is 0 Å². The highest BCUT2D eigenvalue weighted by Crippen LogP contribution is 2.12. The van der Waals surface area contributed by atoms with Crippen LogP contribution in [0, 0.1) is 6.92 Å². The fraction of sp³-hybridized carbons (Fsp3) is 0.312. The standard InChI is InChI=1S/C16H20N2O/c1-13-8-15(12-18-10-13)11-17-7-6-14-4-3-5-16(9-14)19-2/h3-5,8-10,12,17H,6-7,11H2,1-2H3. The van der Waals surface area contributed by atoms with E-state index in [0.29, 0.717) is 0 Å². The third kappa shape index (κ3) is 4.38. The first-order valence-corrected chi connectivity index (χ1v) is 6.52. The molecule has 0 amide bonds. The molecule has 0 bridgehead atoms. The van der Waals surface area contributed by atoms with Crippen molar-refractivity contribution in [3.8, 4) is 5.75 Å². The largest absolute Gasteiger partial charge is 0.497 e. The number of nitrogens with zero attached hydrogens (tertiary/aromatic N) is 1. The van der Waals surface area contributed by atoms with Gasteiger partial charge in [-0.05, 0) is 48.7 Å². The average molecular weight is 256 g/mol. The van der Waals surface area contributed by atoms with Crippen molar-refractivity contribution < 1.29 is 4.74 Å². The van der Waals surface area contributed by atoms with Gasteiger partial charge in [-0.15, -0.1) is 0 Å². The molecule has 0 unspecified atom stereocenters. The molecule has 1 aromatic heterocycles. The molecule has 3 nitrogen and oxygen atoms in total. The molecule has 1 heterocycles. The summed E-state index contributed by atoms with van der Waals surface area (Å²) in [5, 5.41) is 3.43. The Hall–Kier alpha value is -1.87. The highest BCUT2D eigenvalue weighted by Gasteiger charge is 1.97. The number of hydrogen-bond donors (Lipinski definition) is 1. The molecule has 2 aromatic rings. The number of aromatic nitrogens is 1. The Labute approximate surface area is 114 Å². The second-order valence-corrected chi connectivity index (χ2v) is 4.65. The van der Waals surface area contributed by atoms with Crippen molar-refractivity contribution in [2.75, 3.05) is 13.7 Å². The molecular formula is C16H20N2O. The lowest BCUT2D eigenvalue weighted by Gasteiger charge is -2.07. The van der Waals surface area contributed by atoms with Crippen LogP contribution in [-0.4, -0.2) is 18.6 Å². The van der Waals surface area contributed by atoms with Crippen molar-refractivity contribution >= 4 is 0 Å². The zero-order chi connectivity index (χ0) is 13.5. The fourth-order valence-corrected chi connectivity index (χ4v) is 2.01. The maximum Gasteiger partial charge on any atom is 0.119 e. The summed E-state index contributed by atoms with van der Waals surface area (Å²) in [6, 6.07) is 10.4. The van der Waals surface area contributed by atoms with Crippen LogP contribution in [0.15, 0.2) is 42.7 Å². The molecule has 0 saturated heterocycles. The first-order valence-electron chi connectivity index (χ1n) is 6.52. The Morgan fingerprint density at radius 1 is 1.16 bits per heavy atom. The van der Waals surface area contributed by atoms with Gasteiger partial charge in [0.1, 0.15) is 5.75 Å². The van der Waals surface area contributed by atoms with Crippen molar-refractivity contribution in [3.05, 3.63) is 59.4 Å². The van der Waals surface area contributed by atoms with Crippen LogP contribution in [0.4, 0.5) is 0 Å². The Morgan fingerprint density at radius 3 is 2.84 bits per heavy atom. The van der Waals surface area contributed by atoms with Crippen molar-refractivity contribution in [3.63, 3.8) is 0 Å².